The van der Waals surface area contributed by atoms with Gasteiger partial charge in [0, 0.05) is 69.6 Å². The topological polar surface area (TPSA) is 216 Å². The fourth-order valence-corrected chi connectivity index (χ4v) is 19.4. The molecule has 0 aromatic rings. The minimum atomic E-state index is -1.02. The molecule has 17 aliphatic heterocycles. The van der Waals surface area contributed by atoms with Gasteiger partial charge in [0.05, 0.1) is 123 Å². The Morgan fingerprint density at radius 2 is 1.27 bits per heavy atom. The van der Waals surface area contributed by atoms with Crippen LogP contribution >= 0.6 is 0 Å². The molecule has 0 radical (unpaired) electrons. The lowest BCUT2D eigenvalue weighted by molar-refractivity contribution is -0.347. The van der Waals surface area contributed by atoms with Crippen LogP contribution in [0.2, 0.25) is 0 Å². The van der Waals surface area contributed by atoms with Crippen molar-refractivity contribution in [3.05, 3.63) is 24.3 Å². The lowest BCUT2D eigenvalue weighted by Crippen LogP contribution is -2.66. The molecule has 13 bridgehead atoms. The number of hydrogen-bond acceptors (Lipinski definition) is 19. The molecule has 17 saturated heterocycles. The maximum absolute atomic E-state index is 14.7. The quantitative estimate of drug-likeness (QED) is 0.260. The van der Waals surface area contributed by atoms with Crippen LogP contribution in [0.1, 0.15) is 137 Å². The van der Waals surface area contributed by atoms with Crippen molar-refractivity contribution in [2.24, 2.45) is 29.6 Å². The van der Waals surface area contributed by atoms with E-state index in [0.29, 0.717) is 64.2 Å². The van der Waals surface area contributed by atoms with Crippen LogP contribution in [0.5, 0.6) is 0 Å². The maximum Gasteiger partial charge on any atom is 0.308 e. The molecule has 19 nitrogen and oxygen atoms in total. The molecule has 19 heteroatoms. The summed E-state index contributed by atoms with van der Waals surface area (Å²) in [7, 11) is 0. The zero-order valence-corrected chi connectivity index (χ0v) is 46.3. The highest BCUT2D eigenvalue weighted by Gasteiger charge is 2.72. The Balaban J connectivity index is 0.672. The van der Waals surface area contributed by atoms with E-state index in [0.717, 1.165) is 43.3 Å². The van der Waals surface area contributed by atoms with Crippen LogP contribution in [0.3, 0.4) is 0 Å². The molecular formula is C60H84O19. The van der Waals surface area contributed by atoms with Crippen LogP contribution in [0.15, 0.2) is 24.3 Å². The highest BCUT2D eigenvalue weighted by molar-refractivity contribution is 5.70. The van der Waals surface area contributed by atoms with Gasteiger partial charge in [-0.2, -0.15) is 0 Å². The SMILES string of the molecule is C=C1C[C@@H]2CC3C4CC(CCC1O2)OC(C[C@]1(C)OC2CC5O[C@]6(CC5OC2[C@H](C)C1OC(=O)CC1CC[C@@H]2OC5[C@@H]7O[C@@]38CC7O[C@@H]5[C@@H](O8)C2O1)C[C@@H]1O[C@@]2(CC(C)[C@@H]1O6)C[C@H](C)[C@@H]1O[C@H](C(O)CC(O)CO)C[C@@H]1O2)C4=C. The number of carbonyl (C=O) groups excluding carboxylic acids is 1. The van der Waals surface area contributed by atoms with Gasteiger partial charge in [0.15, 0.2) is 17.4 Å². The van der Waals surface area contributed by atoms with Gasteiger partial charge in [0.2, 0.25) is 0 Å². The monoisotopic (exact) mass is 1110 g/mol. The number of aliphatic hydroxyl groups excluding tert-OH is 3. The third-order valence-electron chi connectivity index (χ3n) is 22.7. The number of fused-ring (bicyclic) bond motifs is 10. The second-order valence-electron chi connectivity index (χ2n) is 28.1. The van der Waals surface area contributed by atoms with Gasteiger partial charge in [-0.25, -0.2) is 0 Å². The zero-order valence-electron chi connectivity index (χ0n) is 46.3. The number of aliphatic hydroxyl groups is 3. The first-order valence-corrected chi connectivity index (χ1v) is 30.8. The molecule has 17 rings (SSSR count). The average Bonchev–Trinajstić information content (AvgIpc) is 4.06. The van der Waals surface area contributed by atoms with Gasteiger partial charge in [-0.3, -0.25) is 4.79 Å². The molecule has 0 aromatic carbocycles. The van der Waals surface area contributed by atoms with E-state index in [1.807, 2.05) is 0 Å². The van der Waals surface area contributed by atoms with Gasteiger partial charge in [-0.1, -0.05) is 33.9 Å². The predicted octanol–water partition coefficient (Wildman–Crippen LogP) is 4.54. The number of ether oxygens (including phenoxy) is 15. The van der Waals surface area contributed by atoms with Crippen LogP contribution in [0, 0.1) is 29.6 Å². The third kappa shape index (κ3) is 8.44. The Morgan fingerprint density at radius 3 is 2.11 bits per heavy atom. The lowest BCUT2D eigenvalue weighted by Gasteiger charge is -2.55. The minimum absolute atomic E-state index is 0.0312. The molecule has 17 heterocycles. The Morgan fingerprint density at radius 1 is 0.557 bits per heavy atom. The van der Waals surface area contributed by atoms with Gasteiger partial charge in [-0.05, 0) is 80.8 Å². The van der Waals surface area contributed by atoms with Gasteiger partial charge in [-0.15, -0.1) is 0 Å². The van der Waals surface area contributed by atoms with Crippen molar-refractivity contribution in [3.63, 3.8) is 0 Å². The van der Waals surface area contributed by atoms with E-state index in [1.165, 1.54) is 0 Å². The van der Waals surface area contributed by atoms with Crippen molar-refractivity contribution in [3.8, 4) is 0 Å². The van der Waals surface area contributed by atoms with E-state index in [2.05, 4.69) is 34.3 Å². The Kier molecular flexibility index (Phi) is 12.6. The number of carbonyl (C=O) groups is 1. The van der Waals surface area contributed by atoms with Crippen molar-refractivity contribution in [2.75, 3.05) is 6.61 Å². The van der Waals surface area contributed by atoms with Gasteiger partial charge >= 0.3 is 5.97 Å². The Bertz CT molecular complexity index is 2430. The molecule has 3 spiro atoms. The van der Waals surface area contributed by atoms with Crippen LogP contribution in [-0.2, 0) is 75.8 Å². The molecule has 17 unspecified atom stereocenters. The van der Waals surface area contributed by atoms with E-state index in [4.69, 9.17) is 77.6 Å². The van der Waals surface area contributed by atoms with Gasteiger partial charge in [0.1, 0.15) is 42.2 Å². The average molecular weight is 1110 g/mol. The standard InChI is InChI=1S/C60H84O19/c1-25-11-33-14-35-34-13-31(7-9-37(25)66-33)65-43(28(34)4)20-57(6)56(72-47(64)15-32-8-10-38-51(67-32)55-54-53(68-38)52-45(71-54)23-60(35,78-52)79-55)29(5)50-42(73-57)17-40-44(70-50)21-59(74-40)22-46-49(77-59)27(3)19-58(76-46)18-26(2)48-41(75-58)16-39(69-48)36(63)12-30(62)24-61/h26-27,29-46,48-56,61-63H,1,4,7-24H2,2-3,5-6H3/t26-,27?,29-,30?,31?,32?,33+,34?,35?,36?,37?,38-,39-,40?,41-,42?,43?,44?,45?,46-,48-,49-,50?,51?,52+,53?,54-,55-,56?,57-,58+,59-,60+/m0/s1. The van der Waals surface area contributed by atoms with Crippen LogP contribution < -0.4 is 0 Å². The molecule has 17 fully saturated rings. The molecule has 3 N–H and O–H groups in total. The van der Waals surface area contributed by atoms with E-state index in [1.54, 1.807) is 0 Å². The van der Waals surface area contributed by atoms with Crippen LogP contribution in [0.4, 0.5) is 0 Å². The number of hydrogen-bond donors (Lipinski definition) is 3. The van der Waals surface area contributed by atoms with Crippen molar-refractivity contribution in [2.45, 2.75) is 306 Å². The molecule has 0 aromatic heterocycles. The zero-order chi connectivity index (χ0) is 53.8. The summed E-state index contributed by atoms with van der Waals surface area (Å²) in [5, 5.41) is 30.4. The number of esters is 1. The van der Waals surface area contributed by atoms with E-state index < -0.39 is 84.5 Å². The highest BCUT2D eigenvalue weighted by atomic mass is 16.8. The minimum Gasteiger partial charge on any atom is -0.459 e. The first-order valence-electron chi connectivity index (χ1n) is 30.8. The van der Waals surface area contributed by atoms with E-state index in [9.17, 15) is 20.1 Å². The first-order chi connectivity index (χ1) is 37.9. The normalized spacial score (nSPS) is 59.3. The highest BCUT2D eigenvalue weighted by Crippen LogP contribution is 2.61. The van der Waals surface area contributed by atoms with Crippen molar-refractivity contribution >= 4 is 5.97 Å². The summed E-state index contributed by atoms with van der Waals surface area (Å²) in [5.74, 6) is -3.41. The fraction of sp³-hybridized carbons (Fsp3) is 0.917. The molecule has 33 atom stereocenters. The van der Waals surface area contributed by atoms with Crippen molar-refractivity contribution < 1.29 is 91.2 Å². The first kappa shape index (κ1) is 52.8. The van der Waals surface area contributed by atoms with Crippen LogP contribution in [-0.4, -0.2) is 197 Å². The number of rotatable bonds is 4. The van der Waals surface area contributed by atoms with Crippen molar-refractivity contribution in [1.82, 2.24) is 0 Å². The van der Waals surface area contributed by atoms with Gasteiger partial charge < -0.3 is 86.4 Å². The summed E-state index contributed by atoms with van der Waals surface area (Å²) in [6.45, 7) is 17.7. The molecule has 0 saturated carbocycles. The molecule has 0 amide bonds. The smallest absolute Gasteiger partial charge is 0.308 e. The largest absolute Gasteiger partial charge is 0.459 e. The van der Waals surface area contributed by atoms with Gasteiger partial charge in [0.25, 0.3) is 0 Å². The van der Waals surface area contributed by atoms with E-state index >= 15 is 0 Å². The molecule has 17 aliphatic rings. The summed E-state index contributed by atoms with van der Waals surface area (Å²) in [6.07, 6.45) is 0.941. The summed E-state index contributed by atoms with van der Waals surface area (Å²) < 4.78 is 106. The Hall–Kier alpha value is -1.73. The molecule has 0 aliphatic carbocycles. The second kappa shape index (κ2) is 18.9. The summed E-state index contributed by atoms with van der Waals surface area (Å²) in [6, 6.07) is 0. The summed E-state index contributed by atoms with van der Waals surface area (Å²) >= 11 is 0. The summed E-state index contributed by atoms with van der Waals surface area (Å²) in [4.78, 5) is 14.7. The molecule has 438 valence electrons. The summed E-state index contributed by atoms with van der Waals surface area (Å²) in [5.41, 5.74) is 1.09. The predicted molar refractivity (Wildman–Crippen MR) is 272 cm³/mol. The maximum atomic E-state index is 14.7. The second-order valence-corrected chi connectivity index (χ2v) is 28.1. The molecule has 79 heavy (non-hydrogen) atoms. The van der Waals surface area contributed by atoms with Crippen molar-refractivity contribution in [1.29, 1.82) is 0 Å². The fourth-order valence-electron chi connectivity index (χ4n) is 19.4. The van der Waals surface area contributed by atoms with Crippen LogP contribution in [0.25, 0.3) is 0 Å². The Labute approximate surface area is 462 Å². The third-order valence-corrected chi connectivity index (χ3v) is 22.7. The lowest BCUT2D eigenvalue weighted by atomic mass is 9.68. The molecular weight excluding hydrogens is 1020 g/mol. The van der Waals surface area contributed by atoms with E-state index in [-0.39, 0.29) is 140 Å².